The Morgan fingerprint density at radius 1 is 0.931 bits per heavy atom. The van der Waals surface area contributed by atoms with Crippen molar-refractivity contribution in [1.82, 2.24) is 5.32 Å². The summed E-state index contributed by atoms with van der Waals surface area (Å²) in [4.78, 5) is 2.31. The lowest BCUT2D eigenvalue weighted by molar-refractivity contribution is 0.172. The van der Waals surface area contributed by atoms with Gasteiger partial charge in [0.1, 0.15) is 6.17 Å². The van der Waals surface area contributed by atoms with Gasteiger partial charge in [-0.1, -0.05) is 19.1 Å². The van der Waals surface area contributed by atoms with Gasteiger partial charge in [0.25, 0.3) is 0 Å². The van der Waals surface area contributed by atoms with Crippen molar-refractivity contribution in [1.29, 1.82) is 0 Å². The summed E-state index contributed by atoms with van der Waals surface area (Å²) in [6.45, 7) is 3.63. The Kier molecular flexibility index (Phi) is 3.59. The third kappa shape index (κ3) is 2.32. The van der Waals surface area contributed by atoms with Gasteiger partial charge < -0.3 is 23.8 Å². The van der Waals surface area contributed by atoms with E-state index in [2.05, 4.69) is 54.5 Å². The molecular formula is C23H22N2O4. The van der Waals surface area contributed by atoms with E-state index in [1.54, 1.807) is 0 Å². The number of nitrogens with zero attached hydrogens (tertiary/aromatic N) is 1. The molecule has 0 saturated carbocycles. The Morgan fingerprint density at radius 3 is 2.55 bits per heavy atom. The van der Waals surface area contributed by atoms with Crippen LogP contribution >= 0.6 is 0 Å². The first kappa shape index (κ1) is 16.8. The van der Waals surface area contributed by atoms with Crippen LogP contribution in [0.2, 0.25) is 0 Å². The lowest BCUT2D eigenvalue weighted by Crippen LogP contribution is -2.39. The molecule has 148 valence electrons. The number of nitrogens with one attached hydrogen (secondary N) is 1. The van der Waals surface area contributed by atoms with E-state index < -0.39 is 0 Å². The zero-order valence-corrected chi connectivity index (χ0v) is 16.5. The number of hydrogen-bond acceptors (Lipinski definition) is 6. The predicted molar refractivity (Wildman–Crippen MR) is 111 cm³/mol. The van der Waals surface area contributed by atoms with Crippen molar-refractivity contribution in [2.45, 2.75) is 19.5 Å². The fourth-order valence-corrected chi connectivity index (χ4v) is 4.64. The van der Waals surface area contributed by atoms with Crippen LogP contribution < -0.4 is 29.2 Å². The van der Waals surface area contributed by atoms with Crippen LogP contribution in [0.15, 0.2) is 36.4 Å². The first-order valence-electron chi connectivity index (χ1n) is 10.0. The second-order valence-electron chi connectivity index (χ2n) is 7.62. The van der Waals surface area contributed by atoms with Crippen LogP contribution in [0.25, 0.3) is 21.9 Å². The summed E-state index contributed by atoms with van der Waals surface area (Å²) in [5.41, 5.74) is 4.68. The van der Waals surface area contributed by atoms with E-state index in [0.29, 0.717) is 0 Å². The third-order valence-electron chi connectivity index (χ3n) is 5.95. The summed E-state index contributed by atoms with van der Waals surface area (Å²) in [5.74, 6) is 3.27. The quantitative estimate of drug-likeness (QED) is 0.715. The highest BCUT2D eigenvalue weighted by Gasteiger charge is 2.35. The molecule has 29 heavy (non-hydrogen) atoms. The minimum absolute atomic E-state index is 0.00915. The van der Waals surface area contributed by atoms with Crippen molar-refractivity contribution >= 4 is 16.5 Å². The molecule has 0 saturated heterocycles. The normalized spacial score (nSPS) is 18.1. The van der Waals surface area contributed by atoms with Gasteiger partial charge in [-0.05, 0) is 48.2 Å². The molecule has 6 rings (SSSR count). The minimum Gasteiger partial charge on any atom is -0.454 e. The van der Waals surface area contributed by atoms with Gasteiger partial charge in [-0.2, -0.15) is 0 Å². The largest absolute Gasteiger partial charge is 0.454 e. The smallest absolute Gasteiger partial charge is 0.231 e. The first-order chi connectivity index (χ1) is 14.3. The number of fused-ring (bicyclic) bond motifs is 8. The maximum Gasteiger partial charge on any atom is 0.231 e. The van der Waals surface area contributed by atoms with Crippen molar-refractivity contribution in [2.24, 2.45) is 0 Å². The molecule has 6 nitrogen and oxygen atoms in total. The van der Waals surface area contributed by atoms with Crippen molar-refractivity contribution in [2.75, 3.05) is 32.1 Å². The molecule has 3 aromatic carbocycles. The molecular weight excluding hydrogens is 368 g/mol. The summed E-state index contributed by atoms with van der Waals surface area (Å²) < 4.78 is 22.8. The summed E-state index contributed by atoms with van der Waals surface area (Å²) in [7, 11) is 2.13. The van der Waals surface area contributed by atoms with Crippen LogP contribution in [-0.2, 0) is 0 Å². The molecule has 3 aromatic rings. The second kappa shape index (κ2) is 6.19. The fraction of sp³-hybridized carbons (Fsp3) is 0.304. The van der Waals surface area contributed by atoms with E-state index in [1.165, 1.54) is 16.8 Å². The highest BCUT2D eigenvalue weighted by atomic mass is 16.7. The maximum atomic E-state index is 5.89. The summed E-state index contributed by atoms with van der Waals surface area (Å²) in [5, 5.41) is 5.99. The molecule has 0 amide bonds. The zero-order valence-electron chi connectivity index (χ0n) is 16.5. The molecule has 1 atom stereocenters. The van der Waals surface area contributed by atoms with Crippen LogP contribution in [0.1, 0.15) is 25.1 Å². The Balaban J connectivity index is 1.63. The number of hydrogen-bond donors (Lipinski definition) is 1. The third-order valence-corrected chi connectivity index (χ3v) is 5.95. The van der Waals surface area contributed by atoms with Crippen LogP contribution in [-0.4, -0.2) is 27.2 Å². The van der Waals surface area contributed by atoms with Gasteiger partial charge in [0.2, 0.25) is 13.6 Å². The predicted octanol–water partition coefficient (Wildman–Crippen LogP) is 4.41. The SMILES string of the molecule is CCCNC1c2c(ccc3c2OCO3)-c2ccc3cc4c(cc3c2N1C)OCO4. The van der Waals surface area contributed by atoms with Crippen LogP contribution in [0, 0.1) is 0 Å². The topological polar surface area (TPSA) is 52.2 Å². The first-order valence-corrected chi connectivity index (χ1v) is 10.0. The summed E-state index contributed by atoms with van der Waals surface area (Å²) in [6, 6.07) is 12.7. The van der Waals surface area contributed by atoms with Crippen molar-refractivity contribution in [3.05, 3.63) is 42.0 Å². The molecule has 0 bridgehead atoms. The van der Waals surface area contributed by atoms with E-state index in [1.807, 2.05) is 6.07 Å². The van der Waals surface area contributed by atoms with Gasteiger partial charge in [0.15, 0.2) is 23.0 Å². The molecule has 0 aromatic heterocycles. The van der Waals surface area contributed by atoms with E-state index in [9.17, 15) is 0 Å². The molecule has 1 unspecified atom stereocenters. The van der Waals surface area contributed by atoms with Crippen molar-refractivity contribution in [3.8, 4) is 34.1 Å². The number of anilines is 1. The Bertz CT molecular complexity index is 1140. The molecule has 3 aliphatic rings. The Labute approximate surface area is 168 Å². The van der Waals surface area contributed by atoms with Gasteiger partial charge in [0, 0.05) is 23.6 Å². The van der Waals surface area contributed by atoms with Gasteiger partial charge in [-0.25, -0.2) is 0 Å². The minimum atomic E-state index is -0.00915. The number of ether oxygens (including phenoxy) is 4. The standard InChI is InChI=1S/C23H22N2O4/c1-3-8-24-23-20-14(6-7-17-22(20)29-12-26-17)15-5-4-13-9-18-19(28-11-27-18)10-16(13)21(15)25(23)2/h4-7,9-10,23-24H,3,8,11-12H2,1-2H3. The second-order valence-corrected chi connectivity index (χ2v) is 7.62. The highest BCUT2D eigenvalue weighted by Crippen LogP contribution is 2.53. The van der Waals surface area contributed by atoms with Crippen LogP contribution in [0.3, 0.4) is 0 Å². The van der Waals surface area contributed by atoms with E-state index in [4.69, 9.17) is 18.9 Å². The Morgan fingerprint density at radius 2 is 1.69 bits per heavy atom. The van der Waals surface area contributed by atoms with Gasteiger partial charge >= 0.3 is 0 Å². The van der Waals surface area contributed by atoms with Crippen molar-refractivity contribution in [3.63, 3.8) is 0 Å². The average molecular weight is 390 g/mol. The monoisotopic (exact) mass is 390 g/mol. The molecule has 3 aliphatic heterocycles. The molecule has 1 N–H and O–H groups in total. The van der Waals surface area contributed by atoms with E-state index >= 15 is 0 Å². The summed E-state index contributed by atoms with van der Waals surface area (Å²) >= 11 is 0. The molecule has 0 radical (unpaired) electrons. The number of rotatable bonds is 3. The van der Waals surface area contributed by atoms with Crippen molar-refractivity contribution < 1.29 is 18.9 Å². The van der Waals surface area contributed by atoms with E-state index in [-0.39, 0.29) is 19.8 Å². The lowest BCUT2D eigenvalue weighted by Gasteiger charge is -2.39. The molecule has 3 heterocycles. The van der Waals surface area contributed by atoms with Crippen LogP contribution in [0.4, 0.5) is 5.69 Å². The zero-order chi connectivity index (χ0) is 19.5. The highest BCUT2D eigenvalue weighted by molar-refractivity contribution is 6.05. The molecule has 0 spiro atoms. The van der Waals surface area contributed by atoms with Gasteiger partial charge in [-0.15, -0.1) is 0 Å². The maximum absolute atomic E-state index is 5.89. The lowest BCUT2D eigenvalue weighted by atomic mass is 9.88. The average Bonchev–Trinajstić information content (AvgIpc) is 3.40. The van der Waals surface area contributed by atoms with Gasteiger partial charge in [0.05, 0.1) is 5.69 Å². The molecule has 6 heteroatoms. The Hall–Kier alpha value is -3.12. The van der Waals surface area contributed by atoms with E-state index in [0.717, 1.165) is 52.3 Å². The fourth-order valence-electron chi connectivity index (χ4n) is 4.64. The van der Waals surface area contributed by atoms with Crippen LogP contribution in [0.5, 0.6) is 23.0 Å². The molecule has 0 aliphatic carbocycles. The number of benzene rings is 3. The molecule has 0 fully saturated rings. The summed E-state index contributed by atoms with van der Waals surface area (Å²) in [6.07, 6.45) is 1.04. The van der Waals surface area contributed by atoms with Gasteiger partial charge in [-0.3, -0.25) is 5.32 Å².